The molecule has 0 saturated carbocycles. The van der Waals surface area contributed by atoms with Crippen molar-refractivity contribution in [2.75, 3.05) is 6.54 Å². The number of hydrogen-bond donors (Lipinski definition) is 1. The lowest BCUT2D eigenvalue weighted by atomic mass is 10.3. The van der Waals surface area contributed by atoms with Crippen LogP contribution in [0.1, 0.15) is 12.1 Å². The highest BCUT2D eigenvalue weighted by Crippen LogP contribution is 2.11. The van der Waals surface area contributed by atoms with Gasteiger partial charge >= 0.3 is 0 Å². The summed E-state index contributed by atoms with van der Waals surface area (Å²) in [7, 11) is 0. The summed E-state index contributed by atoms with van der Waals surface area (Å²) in [5.74, 6) is 0. The Morgan fingerprint density at radius 1 is 1.10 bits per heavy atom. The maximum Gasteiger partial charge on any atom is 0.115 e. The van der Waals surface area contributed by atoms with E-state index >= 15 is 0 Å². The summed E-state index contributed by atoms with van der Waals surface area (Å²) in [6.45, 7) is 2.71. The summed E-state index contributed by atoms with van der Waals surface area (Å²) >= 11 is 0. The quantitative estimate of drug-likeness (QED) is 0.694. The normalized spacial score (nSPS) is 11.0. The van der Waals surface area contributed by atoms with Crippen molar-refractivity contribution in [1.29, 1.82) is 0 Å². The Kier molecular flexibility index (Phi) is 3.99. The molecule has 5 heteroatoms. The number of rotatable bonds is 6. The van der Waals surface area contributed by atoms with E-state index in [0.717, 1.165) is 37.3 Å². The standard InChI is InChI=1S/C15H17N5/c1-2-5-15-14(4-1)19-12-20(15)9-3-7-16-10-13-6-8-17-11-18-13/h1-2,4-6,8,11-12,16H,3,7,9-10H2. The number of imidazole rings is 1. The van der Waals surface area contributed by atoms with Gasteiger partial charge in [-0.3, -0.25) is 0 Å². The van der Waals surface area contributed by atoms with Crippen LogP contribution in [0.15, 0.2) is 49.2 Å². The highest BCUT2D eigenvalue weighted by molar-refractivity contribution is 5.74. The third kappa shape index (κ3) is 3.00. The number of benzene rings is 1. The van der Waals surface area contributed by atoms with E-state index in [1.807, 2.05) is 30.6 Å². The molecule has 2 heterocycles. The van der Waals surface area contributed by atoms with Crippen LogP contribution in [-0.2, 0) is 13.1 Å². The van der Waals surface area contributed by atoms with Crippen LogP contribution in [0.3, 0.4) is 0 Å². The van der Waals surface area contributed by atoms with Gasteiger partial charge < -0.3 is 9.88 Å². The van der Waals surface area contributed by atoms with Crippen LogP contribution >= 0.6 is 0 Å². The summed E-state index contributed by atoms with van der Waals surface area (Å²) < 4.78 is 2.20. The Bertz CT molecular complexity index is 662. The molecule has 0 bridgehead atoms. The summed E-state index contributed by atoms with van der Waals surface area (Å²) in [4.78, 5) is 12.5. The molecule has 102 valence electrons. The predicted octanol–water partition coefficient (Wildman–Crippen LogP) is 2.01. The van der Waals surface area contributed by atoms with Crippen LogP contribution in [0.4, 0.5) is 0 Å². The Hall–Kier alpha value is -2.27. The molecule has 0 spiro atoms. The second-order valence-electron chi connectivity index (χ2n) is 4.66. The van der Waals surface area contributed by atoms with E-state index in [4.69, 9.17) is 0 Å². The molecule has 0 fully saturated rings. The fourth-order valence-electron chi connectivity index (χ4n) is 2.20. The van der Waals surface area contributed by atoms with Gasteiger partial charge in [0.25, 0.3) is 0 Å². The molecule has 1 N–H and O–H groups in total. The van der Waals surface area contributed by atoms with E-state index in [9.17, 15) is 0 Å². The first-order valence-electron chi connectivity index (χ1n) is 6.79. The van der Waals surface area contributed by atoms with E-state index in [0.29, 0.717) is 0 Å². The number of para-hydroxylation sites is 2. The lowest BCUT2D eigenvalue weighted by Crippen LogP contribution is -2.17. The average Bonchev–Trinajstić information content (AvgIpc) is 2.91. The average molecular weight is 267 g/mol. The van der Waals surface area contributed by atoms with Crippen molar-refractivity contribution in [2.45, 2.75) is 19.5 Å². The highest BCUT2D eigenvalue weighted by Gasteiger charge is 2.00. The third-order valence-corrected chi connectivity index (χ3v) is 3.23. The second kappa shape index (κ2) is 6.25. The summed E-state index contributed by atoms with van der Waals surface area (Å²) in [6, 6.07) is 10.1. The third-order valence-electron chi connectivity index (χ3n) is 3.23. The van der Waals surface area contributed by atoms with E-state index in [2.05, 4.69) is 30.9 Å². The molecule has 0 aliphatic rings. The molecule has 2 aromatic heterocycles. The van der Waals surface area contributed by atoms with Crippen molar-refractivity contribution >= 4 is 11.0 Å². The Balaban J connectivity index is 1.46. The van der Waals surface area contributed by atoms with E-state index in [1.165, 1.54) is 5.52 Å². The molecule has 3 rings (SSSR count). The van der Waals surface area contributed by atoms with Crippen molar-refractivity contribution in [3.8, 4) is 0 Å². The molecule has 5 nitrogen and oxygen atoms in total. The van der Waals surface area contributed by atoms with Gasteiger partial charge in [0.2, 0.25) is 0 Å². The molecule has 0 radical (unpaired) electrons. The number of aromatic nitrogens is 4. The van der Waals surface area contributed by atoms with Crippen molar-refractivity contribution in [1.82, 2.24) is 24.8 Å². The first kappa shape index (κ1) is 12.7. The van der Waals surface area contributed by atoms with E-state index in [1.54, 1.807) is 12.5 Å². The fraction of sp³-hybridized carbons (Fsp3) is 0.267. The number of aryl methyl sites for hydroxylation is 1. The fourth-order valence-corrected chi connectivity index (χ4v) is 2.20. The molecule has 0 unspecified atom stereocenters. The van der Waals surface area contributed by atoms with Crippen LogP contribution < -0.4 is 5.32 Å². The Morgan fingerprint density at radius 2 is 2.05 bits per heavy atom. The van der Waals surface area contributed by atoms with Crippen LogP contribution in [0.25, 0.3) is 11.0 Å². The molecular formula is C15H17N5. The Morgan fingerprint density at radius 3 is 2.95 bits per heavy atom. The largest absolute Gasteiger partial charge is 0.331 e. The van der Waals surface area contributed by atoms with Gasteiger partial charge in [0, 0.05) is 19.3 Å². The molecule has 0 aliphatic carbocycles. The summed E-state index contributed by atoms with van der Waals surface area (Å²) in [5.41, 5.74) is 3.28. The maximum absolute atomic E-state index is 4.39. The minimum atomic E-state index is 0.785. The van der Waals surface area contributed by atoms with E-state index < -0.39 is 0 Å². The molecule has 0 atom stereocenters. The van der Waals surface area contributed by atoms with Gasteiger partial charge in [-0.15, -0.1) is 0 Å². The molecule has 0 saturated heterocycles. The molecule has 20 heavy (non-hydrogen) atoms. The first-order valence-corrected chi connectivity index (χ1v) is 6.79. The van der Waals surface area contributed by atoms with Crippen LogP contribution in [-0.4, -0.2) is 26.1 Å². The van der Waals surface area contributed by atoms with Crippen LogP contribution in [0, 0.1) is 0 Å². The summed E-state index contributed by atoms with van der Waals surface area (Å²) in [5, 5.41) is 3.39. The topological polar surface area (TPSA) is 55.6 Å². The first-order chi connectivity index (χ1) is 9.93. The maximum atomic E-state index is 4.39. The van der Waals surface area contributed by atoms with Gasteiger partial charge in [-0.1, -0.05) is 12.1 Å². The molecule has 3 aromatic rings. The number of hydrogen-bond acceptors (Lipinski definition) is 4. The second-order valence-corrected chi connectivity index (χ2v) is 4.66. The molecule has 0 amide bonds. The zero-order valence-electron chi connectivity index (χ0n) is 11.2. The van der Waals surface area contributed by atoms with Crippen LogP contribution in [0.5, 0.6) is 0 Å². The predicted molar refractivity (Wildman–Crippen MR) is 78.1 cm³/mol. The van der Waals surface area contributed by atoms with Crippen molar-refractivity contribution in [2.24, 2.45) is 0 Å². The molecule has 1 aromatic carbocycles. The number of nitrogens with one attached hydrogen (secondary N) is 1. The van der Waals surface area contributed by atoms with Crippen molar-refractivity contribution < 1.29 is 0 Å². The van der Waals surface area contributed by atoms with Gasteiger partial charge in [-0.05, 0) is 31.2 Å². The van der Waals surface area contributed by atoms with E-state index in [-0.39, 0.29) is 0 Å². The number of fused-ring (bicyclic) bond motifs is 1. The zero-order chi connectivity index (χ0) is 13.6. The zero-order valence-corrected chi connectivity index (χ0v) is 11.2. The number of nitrogens with zero attached hydrogens (tertiary/aromatic N) is 4. The lowest BCUT2D eigenvalue weighted by Gasteiger charge is -2.06. The Labute approximate surface area is 117 Å². The lowest BCUT2D eigenvalue weighted by molar-refractivity contribution is 0.584. The minimum Gasteiger partial charge on any atom is -0.331 e. The molecule has 0 aliphatic heterocycles. The smallest absolute Gasteiger partial charge is 0.115 e. The minimum absolute atomic E-state index is 0.785. The SMILES string of the molecule is c1ccc2c(c1)ncn2CCCNCc1ccncn1. The monoisotopic (exact) mass is 267 g/mol. The van der Waals surface area contributed by atoms with Gasteiger partial charge in [0.1, 0.15) is 6.33 Å². The van der Waals surface area contributed by atoms with Gasteiger partial charge in [0.05, 0.1) is 23.1 Å². The van der Waals surface area contributed by atoms with Gasteiger partial charge in [-0.25, -0.2) is 15.0 Å². The van der Waals surface area contributed by atoms with Crippen molar-refractivity contribution in [3.05, 3.63) is 54.9 Å². The highest BCUT2D eigenvalue weighted by atomic mass is 15.0. The van der Waals surface area contributed by atoms with Crippen LogP contribution in [0.2, 0.25) is 0 Å². The van der Waals surface area contributed by atoms with Gasteiger partial charge in [0.15, 0.2) is 0 Å². The summed E-state index contributed by atoms with van der Waals surface area (Å²) in [6.07, 6.45) is 6.32. The van der Waals surface area contributed by atoms with Crippen molar-refractivity contribution in [3.63, 3.8) is 0 Å². The van der Waals surface area contributed by atoms with Gasteiger partial charge in [-0.2, -0.15) is 0 Å². The molecular weight excluding hydrogens is 250 g/mol.